The standard InChI is InChI=1S/C29H22FNO5/c1-15(2)16-7-9-17(10-8-16)24-22-23(28(35)31(27(22)34)19-13-11-18(30)12-14-19)29(36-24)25(32)20-5-3-4-6-21(20)26(29)33/h3-15,22-24H,1-2H3/t22-,23-,24-/m0/s1. The highest BCUT2D eigenvalue weighted by atomic mass is 19.1. The van der Waals surface area contributed by atoms with Gasteiger partial charge in [-0.05, 0) is 41.3 Å². The molecule has 2 heterocycles. The van der Waals surface area contributed by atoms with Crippen molar-refractivity contribution in [3.8, 4) is 0 Å². The summed E-state index contributed by atoms with van der Waals surface area (Å²) in [6.45, 7) is 4.11. The molecule has 0 saturated carbocycles. The summed E-state index contributed by atoms with van der Waals surface area (Å²) in [6.07, 6.45) is -0.986. The molecule has 6 nitrogen and oxygen atoms in total. The Morgan fingerprint density at radius 2 is 1.39 bits per heavy atom. The zero-order valence-electron chi connectivity index (χ0n) is 19.6. The van der Waals surface area contributed by atoms with Gasteiger partial charge in [0.1, 0.15) is 5.82 Å². The van der Waals surface area contributed by atoms with E-state index in [9.17, 15) is 23.6 Å². The molecule has 3 atom stereocenters. The molecule has 3 aromatic carbocycles. The van der Waals surface area contributed by atoms with Gasteiger partial charge in [0.25, 0.3) is 0 Å². The predicted molar refractivity (Wildman–Crippen MR) is 128 cm³/mol. The number of carbonyl (C=O) groups excluding carboxylic acids is 4. The summed E-state index contributed by atoms with van der Waals surface area (Å²) < 4.78 is 19.9. The number of Topliss-reactive ketones (excluding diaryl/α,β-unsaturated/α-hetero) is 2. The van der Waals surface area contributed by atoms with Crippen LogP contribution in [0.25, 0.3) is 0 Å². The highest BCUT2D eigenvalue weighted by Crippen LogP contribution is 2.57. The van der Waals surface area contributed by atoms with E-state index in [0.717, 1.165) is 22.6 Å². The van der Waals surface area contributed by atoms with Gasteiger partial charge < -0.3 is 4.74 Å². The van der Waals surface area contributed by atoms with Crippen LogP contribution in [0.3, 0.4) is 0 Å². The van der Waals surface area contributed by atoms with Crippen molar-refractivity contribution in [2.24, 2.45) is 11.8 Å². The Labute approximate surface area is 206 Å². The lowest BCUT2D eigenvalue weighted by atomic mass is 9.77. The minimum atomic E-state index is -2.13. The highest BCUT2D eigenvalue weighted by Gasteiger charge is 2.74. The monoisotopic (exact) mass is 483 g/mol. The van der Waals surface area contributed by atoms with E-state index in [0.29, 0.717) is 5.56 Å². The Bertz CT molecular complexity index is 1410. The molecule has 3 aromatic rings. The van der Waals surface area contributed by atoms with Gasteiger partial charge in [-0.25, -0.2) is 9.29 Å². The summed E-state index contributed by atoms with van der Waals surface area (Å²) in [5, 5.41) is 0. The minimum absolute atomic E-state index is 0.178. The number of hydrogen-bond donors (Lipinski definition) is 0. The summed E-state index contributed by atoms with van der Waals surface area (Å²) in [4.78, 5) is 56.1. The van der Waals surface area contributed by atoms with E-state index in [1.807, 2.05) is 24.3 Å². The molecule has 1 aliphatic carbocycles. The highest BCUT2D eigenvalue weighted by molar-refractivity contribution is 6.37. The zero-order chi connectivity index (χ0) is 25.4. The fourth-order valence-electron chi connectivity index (χ4n) is 5.73. The Balaban J connectivity index is 1.52. The number of nitrogens with zero attached hydrogens (tertiary/aromatic N) is 1. The summed E-state index contributed by atoms with van der Waals surface area (Å²) in [7, 11) is 0. The lowest BCUT2D eigenvalue weighted by Crippen LogP contribution is -2.51. The molecule has 7 heteroatoms. The molecule has 0 unspecified atom stereocenters. The van der Waals surface area contributed by atoms with Gasteiger partial charge in [-0.3, -0.25) is 19.2 Å². The molecule has 6 rings (SSSR count). The first-order valence-corrected chi connectivity index (χ1v) is 11.9. The van der Waals surface area contributed by atoms with Crippen LogP contribution in [0.15, 0.2) is 72.8 Å². The molecule has 0 aromatic heterocycles. The van der Waals surface area contributed by atoms with Gasteiger partial charge in [0, 0.05) is 11.1 Å². The fourth-order valence-corrected chi connectivity index (χ4v) is 5.73. The van der Waals surface area contributed by atoms with Crippen molar-refractivity contribution in [1.29, 1.82) is 0 Å². The normalized spacial score (nSPS) is 24.2. The largest absolute Gasteiger partial charge is 0.349 e. The van der Waals surface area contributed by atoms with E-state index in [1.54, 1.807) is 12.1 Å². The number of benzene rings is 3. The maximum Gasteiger partial charge on any atom is 0.241 e. The molecule has 0 bridgehead atoms. The number of imide groups is 1. The van der Waals surface area contributed by atoms with Gasteiger partial charge in [-0.1, -0.05) is 62.4 Å². The summed E-state index contributed by atoms with van der Waals surface area (Å²) in [6, 6.07) is 18.8. The first-order chi connectivity index (χ1) is 17.3. The quantitative estimate of drug-likeness (QED) is 0.400. The molecule has 3 aliphatic rings. The SMILES string of the molecule is CC(C)c1ccc([C@@H]2OC3(C(=O)c4ccccc4C3=O)[C@@H]3C(=O)N(c4ccc(F)cc4)C(=O)[C@@H]32)cc1. The number of ketones is 2. The molecular formula is C29H22FNO5. The second-order valence-corrected chi connectivity index (χ2v) is 9.79. The third kappa shape index (κ3) is 2.86. The van der Waals surface area contributed by atoms with E-state index in [4.69, 9.17) is 4.74 Å². The van der Waals surface area contributed by atoms with Crippen LogP contribution in [0.4, 0.5) is 10.1 Å². The summed E-state index contributed by atoms with van der Waals surface area (Å²) in [5.74, 6) is -5.17. The van der Waals surface area contributed by atoms with Gasteiger partial charge in [0.2, 0.25) is 29.0 Å². The number of fused-ring (bicyclic) bond motifs is 3. The Hall–Kier alpha value is -3.97. The van der Waals surface area contributed by atoms with Crippen molar-refractivity contribution in [2.75, 3.05) is 4.90 Å². The predicted octanol–water partition coefficient (Wildman–Crippen LogP) is 4.64. The number of rotatable bonds is 3. The number of anilines is 1. The van der Waals surface area contributed by atoms with Gasteiger partial charge >= 0.3 is 0 Å². The first-order valence-electron chi connectivity index (χ1n) is 11.9. The zero-order valence-corrected chi connectivity index (χ0v) is 19.6. The van der Waals surface area contributed by atoms with E-state index in [-0.39, 0.29) is 22.7 Å². The maximum atomic E-state index is 13.8. The van der Waals surface area contributed by atoms with Crippen LogP contribution >= 0.6 is 0 Å². The van der Waals surface area contributed by atoms with Crippen LogP contribution in [-0.4, -0.2) is 29.0 Å². The van der Waals surface area contributed by atoms with Gasteiger partial charge in [-0.2, -0.15) is 0 Å². The van der Waals surface area contributed by atoms with Gasteiger partial charge in [0.05, 0.1) is 23.6 Å². The van der Waals surface area contributed by atoms with E-state index < -0.39 is 52.7 Å². The van der Waals surface area contributed by atoms with Crippen molar-refractivity contribution in [3.63, 3.8) is 0 Å². The van der Waals surface area contributed by atoms with Crippen LogP contribution in [0.5, 0.6) is 0 Å². The fraction of sp³-hybridized carbons (Fsp3) is 0.241. The van der Waals surface area contributed by atoms with Crippen LogP contribution in [-0.2, 0) is 14.3 Å². The Kier molecular flexibility index (Phi) is 4.85. The number of amides is 2. The lowest BCUT2D eigenvalue weighted by molar-refractivity contribution is -0.127. The molecule has 2 saturated heterocycles. The van der Waals surface area contributed by atoms with Gasteiger partial charge in [-0.15, -0.1) is 0 Å². The van der Waals surface area contributed by atoms with Crippen molar-refractivity contribution in [1.82, 2.24) is 0 Å². The molecule has 2 fully saturated rings. The average Bonchev–Trinajstić information content (AvgIpc) is 3.45. The molecule has 36 heavy (non-hydrogen) atoms. The summed E-state index contributed by atoms with van der Waals surface area (Å²) >= 11 is 0. The second-order valence-electron chi connectivity index (χ2n) is 9.79. The third-order valence-corrected chi connectivity index (χ3v) is 7.54. The first kappa shape index (κ1) is 22.5. The Morgan fingerprint density at radius 1 is 0.806 bits per heavy atom. The topological polar surface area (TPSA) is 80.8 Å². The molecule has 180 valence electrons. The van der Waals surface area contributed by atoms with Crippen LogP contribution in [0.1, 0.15) is 57.7 Å². The van der Waals surface area contributed by atoms with Crippen molar-refractivity contribution < 1.29 is 28.3 Å². The molecule has 2 amide bonds. The van der Waals surface area contributed by atoms with Crippen LogP contribution < -0.4 is 4.90 Å². The van der Waals surface area contributed by atoms with Crippen molar-refractivity contribution in [2.45, 2.75) is 31.5 Å². The molecule has 2 aliphatic heterocycles. The number of halogens is 1. The van der Waals surface area contributed by atoms with Crippen LogP contribution in [0.2, 0.25) is 0 Å². The molecule has 0 radical (unpaired) electrons. The Morgan fingerprint density at radius 3 is 1.94 bits per heavy atom. The van der Waals surface area contributed by atoms with Crippen molar-refractivity contribution >= 4 is 29.1 Å². The smallest absolute Gasteiger partial charge is 0.241 e. The molecular weight excluding hydrogens is 461 g/mol. The number of carbonyl (C=O) groups is 4. The maximum absolute atomic E-state index is 13.8. The van der Waals surface area contributed by atoms with E-state index in [1.165, 1.54) is 24.3 Å². The van der Waals surface area contributed by atoms with Crippen LogP contribution in [0, 0.1) is 17.7 Å². The second kappa shape index (κ2) is 7.77. The lowest BCUT2D eigenvalue weighted by Gasteiger charge is -2.27. The third-order valence-electron chi connectivity index (χ3n) is 7.54. The minimum Gasteiger partial charge on any atom is -0.349 e. The van der Waals surface area contributed by atoms with Gasteiger partial charge in [0.15, 0.2) is 0 Å². The van der Waals surface area contributed by atoms with Crippen molar-refractivity contribution in [3.05, 3.63) is 101 Å². The van der Waals surface area contributed by atoms with E-state index in [2.05, 4.69) is 13.8 Å². The average molecular weight is 483 g/mol. The molecule has 0 N–H and O–H groups in total. The molecule has 1 spiro atoms. The number of ether oxygens (including phenoxy) is 1. The van der Waals surface area contributed by atoms with E-state index >= 15 is 0 Å². The summed E-state index contributed by atoms with van der Waals surface area (Å²) in [5.41, 5.74) is 0.0857. The number of hydrogen-bond acceptors (Lipinski definition) is 5.